The summed E-state index contributed by atoms with van der Waals surface area (Å²) < 4.78 is 41.3. The van der Waals surface area contributed by atoms with Crippen molar-refractivity contribution in [2.24, 2.45) is 5.92 Å². The van der Waals surface area contributed by atoms with Crippen LogP contribution in [-0.4, -0.2) is 72.8 Å². The Balaban J connectivity index is 1.33. The lowest BCUT2D eigenvalue weighted by Crippen LogP contribution is -2.52. The van der Waals surface area contributed by atoms with Crippen molar-refractivity contribution in [2.45, 2.75) is 45.2 Å². The number of anilines is 3. The number of alkyl halides is 3. The van der Waals surface area contributed by atoms with E-state index in [1.165, 1.54) is 11.8 Å². The number of hydrogen-bond acceptors (Lipinski definition) is 6. The van der Waals surface area contributed by atoms with Crippen molar-refractivity contribution in [3.63, 3.8) is 0 Å². The summed E-state index contributed by atoms with van der Waals surface area (Å²) in [4.78, 5) is 53.3. The van der Waals surface area contributed by atoms with Gasteiger partial charge in [-0.15, -0.1) is 0 Å². The number of amides is 3. The van der Waals surface area contributed by atoms with Crippen molar-refractivity contribution in [2.75, 3.05) is 48.9 Å². The zero-order valence-corrected chi connectivity index (χ0v) is 27.9. The molecule has 3 amide bonds. The molecule has 1 fully saturated rings. The Morgan fingerprint density at radius 1 is 1.08 bits per heavy atom. The molecule has 3 aromatic rings. The molecule has 48 heavy (non-hydrogen) atoms. The van der Waals surface area contributed by atoms with Crippen LogP contribution in [0.2, 0.25) is 5.02 Å². The number of hydrogen-bond donors (Lipinski definition) is 0. The molecule has 3 aliphatic rings. The molecular formula is C35H36ClF3N6O3. The molecule has 2 atom stereocenters. The van der Waals surface area contributed by atoms with E-state index in [9.17, 15) is 27.6 Å². The van der Waals surface area contributed by atoms with Gasteiger partial charge in [-0.2, -0.15) is 13.2 Å². The second-order valence-electron chi connectivity index (χ2n) is 13.0. The predicted octanol–water partition coefficient (Wildman–Crippen LogP) is 5.43. The van der Waals surface area contributed by atoms with E-state index in [0.29, 0.717) is 48.1 Å². The number of aromatic nitrogens is 1. The minimum atomic E-state index is -4.65. The number of halogens is 4. The third-order valence-corrected chi connectivity index (χ3v) is 9.39. The standard InChI is InChI=1S/C35H36ClF3N6O3/c1-20(15-41(3)4)33(47)44-17-23-10-9-22(12-24(23)18-44)16-43-19-25-13-30(46)45(29-14-26(35(37,38)39)11-21(2)40-29)31(25)34(48)42(5)28-8-6-7-27(36)32(28)43/h6-12,14,25,31H,1,13,15-19H2,2-5H3/t25-,31+/m1/s1. The molecule has 0 bridgehead atoms. The number of para-hydroxylation sites is 1. The number of aryl methyl sites for hydroxylation is 1. The van der Waals surface area contributed by atoms with Crippen molar-refractivity contribution in [3.05, 3.63) is 93.7 Å². The van der Waals surface area contributed by atoms with Gasteiger partial charge in [0.15, 0.2) is 0 Å². The van der Waals surface area contributed by atoms with E-state index in [0.717, 1.165) is 33.7 Å². The average molecular weight is 681 g/mol. The largest absolute Gasteiger partial charge is 0.416 e. The van der Waals surface area contributed by atoms with Gasteiger partial charge >= 0.3 is 6.18 Å². The van der Waals surface area contributed by atoms with E-state index in [4.69, 9.17) is 11.6 Å². The lowest BCUT2D eigenvalue weighted by Gasteiger charge is -2.39. The average Bonchev–Trinajstić information content (AvgIpc) is 3.58. The molecular weight excluding hydrogens is 645 g/mol. The minimum Gasteiger partial charge on any atom is -0.364 e. The van der Waals surface area contributed by atoms with Crippen LogP contribution in [0.1, 0.15) is 34.4 Å². The first-order valence-corrected chi connectivity index (χ1v) is 15.9. The third kappa shape index (κ3) is 6.26. The molecule has 1 aromatic heterocycles. The second kappa shape index (κ2) is 12.6. The van der Waals surface area contributed by atoms with Crippen LogP contribution < -0.4 is 14.7 Å². The first-order chi connectivity index (χ1) is 22.6. The summed E-state index contributed by atoms with van der Waals surface area (Å²) in [5.41, 5.74) is 3.78. The van der Waals surface area contributed by atoms with Gasteiger partial charge in [0.1, 0.15) is 11.9 Å². The van der Waals surface area contributed by atoms with Crippen molar-refractivity contribution < 1.29 is 27.6 Å². The fourth-order valence-electron chi connectivity index (χ4n) is 6.99. The molecule has 1 saturated heterocycles. The lowest BCUT2D eigenvalue weighted by atomic mass is 9.95. The molecule has 0 N–H and O–H groups in total. The lowest BCUT2D eigenvalue weighted by molar-refractivity contribution is -0.137. The number of fused-ring (bicyclic) bond motifs is 3. The summed E-state index contributed by atoms with van der Waals surface area (Å²) >= 11 is 6.80. The quantitative estimate of drug-likeness (QED) is 0.324. The minimum absolute atomic E-state index is 0.0599. The summed E-state index contributed by atoms with van der Waals surface area (Å²) in [5, 5.41) is 0.416. The second-order valence-corrected chi connectivity index (χ2v) is 13.4. The molecule has 2 aromatic carbocycles. The van der Waals surface area contributed by atoms with Gasteiger partial charge in [-0.05, 0) is 62.0 Å². The highest BCUT2D eigenvalue weighted by molar-refractivity contribution is 6.34. The third-order valence-electron chi connectivity index (χ3n) is 9.09. The van der Waals surface area contributed by atoms with E-state index in [-0.39, 0.29) is 30.4 Å². The number of rotatable bonds is 6. The van der Waals surface area contributed by atoms with Gasteiger partial charge in [-0.25, -0.2) is 4.98 Å². The Labute approximate surface area is 282 Å². The van der Waals surface area contributed by atoms with E-state index in [1.54, 1.807) is 30.1 Å². The fourth-order valence-corrected chi connectivity index (χ4v) is 7.28. The Bertz CT molecular complexity index is 1830. The Hall–Kier alpha value is -4.42. The van der Waals surface area contributed by atoms with Crippen LogP contribution in [0.5, 0.6) is 0 Å². The molecule has 0 unspecified atom stereocenters. The zero-order valence-electron chi connectivity index (χ0n) is 27.1. The highest BCUT2D eigenvalue weighted by Gasteiger charge is 2.49. The molecule has 252 valence electrons. The Kier molecular flexibility index (Phi) is 8.76. The van der Waals surface area contributed by atoms with Crippen LogP contribution in [0.4, 0.5) is 30.4 Å². The Morgan fingerprint density at radius 3 is 2.52 bits per heavy atom. The molecule has 6 rings (SSSR count). The molecule has 13 heteroatoms. The SMILES string of the molecule is C=C(CN(C)C)C(=O)N1Cc2ccc(CN3C[C@H]4CC(=O)N(c5cc(C(F)(F)F)cc(C)n5)[C@@H]4C(=O)N(C)c4cccc(Cl)c43)cc2C1. The molecule has 0 radical (unpaired) electrons. The van der Waals surface area contributed by atoms with Crippen LogP contribution in [0.15, 0.2) is 60.7 Å². The van der Waals surface area contributed by atoms with Gasteiger partial charge < -0.3 is 19.6 Å². The van der Waals surface area contributed by atoms with E-state index in [1.807, 2.05) is 36.0 Å². The van der Waals surface area contributed by atoms with Gasteiger partial charge in [0.05, 0.1) is 22.0 Å². The number of nitrogens with zero attached hydrogens (tertiary/aromatic N) is 6. The summed E-state index contributed by atoms with van der Waals surface area (Å²) in [7, 11) is 5.35. The maximum atomic E-state index is 14.1. The topological polar surface area (TPSA) is 80.3 Å². The van der Waals surface area contributed by atoms with Gasteiger partial charge in [-0.1, -0.05) is 42.4 Å². The summed E-state index contributed by atoms with van der Waals surface area (Å²) in [6.07, 6.45) is -4.71. The summed E-state index contributed by atoms with van der Waals surface area (Å²) in [6, 6.07) is 11.9. The van der Waals surface area contributed by atoms with E-state index < -0.39 is 35.5 Å². The van der Waals surface area contributed by atoms with Gasteiger partial charge in [0.2, 0.25) is 11.8 Å². The van der Waals surface area contributed by atoms with E-state index >= 15 is 0 Å². The number of pyridine rings is 1. The fraction of sp³-hybridized carbons (Fsp3) is 0.371. The number of benzene rings is 2. The van der Waals surface area contributed by atoms with Crippen molar-refractivity contribution >= 4 is 46.5 Å². The summed E-state index contributed by atoms with van der Waals surface area (Å²) in [5.74, 6) is -1.78. The molecule has 4 heterocycles. The smallest absolute Gasteiger partial charge is 0.364 e. The summed E-state index contributed by atoms with van der Waals surface area (Å²) in [6.45, 7) is 7.39. The molecule has 0 saturated carbocycles. The van der Waals surface area contributed by atoms with Crippen molar-refractivity contribution in [1.82, 2.24) is 14.8 Å². The number of carbonyl (C=O) groups is 3. The van der Waals surface area contributed by atoms with Crippen LogP contribution in [-0.2, 0) is 40.2 Å². The van der Waals surface area contributed by atoms with Crippen molar-refractivity contribution in [3.8, 4) is 0 Å². The normalized spacial score (nSPS) is 19.4. The highest BCUT2D eigenvalue weighted by Crippen LogP contribution is 2.43. The molecule has 3 aliphatic heterocycles. The Morgan fingerprint density at radius 2 is 1.81 bits per heavy atom. The maximum Gasteiger partial charge on any atom is 0.416 e. The van der Waals surface area contributed by atoms with Crippen LogP contribution in [0.3, 0.4) is 0 Å². The predicted molar refractivity (Wildman–Crippen MR) is 178 cm³/mol. The van der Waals surface area contributed by atoms with Gasteiger partial charge in [0.25, 0.3) is 5.91 Å². The number of likely N-dealkylation sites (N-methyl/N-ethyl adjacent to an activating group) is 2. The van der Waals surface area contributed by atoms with Crippen LogP contribution >= 0.6 is 11.6 Å². The first kappa shape index (κ1) is 33.5. The first-order valence-electron chi connectivity index (χ1n) is 15.5. The van der Waals surface area contributed by atoms with Gasteiger partial charge in [-0.3, -0.25) is 19.3 Å². The van der Waals surface area contributed by atoms with Gasteiger partial charge in [0, 0.05) is 63.4 Å². The maximum absolute atomic E-state index is 14.1. The zero-order chi connectivity index (χ0) is 34.7. The van der Waals surface area contributed by atoms with Crippen molar-refractivity contribution in [1.29, 1.82) is 0 Å². The molecule has 0 spiro atoms. The monoisotopic (exact) mass is 680 g/mol. The van der Waals surface area contributed by atoms with E-state index in [2.05, 4.69) is 17.6 Å². The van der Waals surface area contributed by atoms with Crippen LogP contribution in [0, 0.1) is 12.8 Å². The molecule has 0 aliphatic carbocycles. The highest BCUT2D eigenvalue weighted by atomic mass is 35.5. The number of carbonyl (C=O) groups excluding carboxylic acids is 3. The molecule has 9 nitrogen and oxygen atoms in total. The van der Waals surface area contributed by atoms with Crippen LogP contribution in [0.25, 0.3) is 0 Å².